The minimum Gasteiger partial charge on any atom is -0.480 e. The molecular formula is C13H15F2NO3. The number of hydrogen-bond donors (Lipinski definition) is 1. The Morgan fingerprint density at radius 3 is 2.95 bits per heavy atom. The molecule has 104 valence electrons. The van der Waals surface area contributed by atoms with E-state index in [1.807, 2.05) is 0 Å². The minimum atomic E-state index is -1.02. The van der Waals surface area contributed by atoms with Gasteiger partial charge in [-0.05, 0) is 13.0 Å². The Bertz CT molecular complexity index is 481. The lowest BCUT2D eigenvalue weighted by Crippen LogP contribution is -2.50. The molecule has 2 unspecified atom stereocenters. The van der Waals surface area contributed by atoms with E-state index in [0.717, 1.165) is 6.07 Å². The molecule has 1 aliphatic rings. The van der Waals surface area contributed by atoms with E-state index in [1.54, 1.807) is 11.8 Å². The Kier molecular flexibility index (Phi) is 4.11. The number of morpholine rings is 1. The highest BCUT2D eigenvalue weighted by Crippen LogP contribution is 2.27. The Morgan fingerprint density at radius 1 is 1.53 bits per heavy atom. The van der Waals surface area contributed by atoms with Crippen molar-refractivity contribution in [2.75, 3.05) is 19.8 Å². The zero-order valence-corrected chi connectivity index (χ0v) is 10.5. The molecule has 1 aromatic rings. The highest BCUT2D eigenvalue weighted by atomic mass is 19.2. The highest BCUT2D eigenvalue weighted by Gasteiger charge is 2.34. The Hall–Kier alpha value is -1.53. The minimum absolute atomic E-state index is 0.0522. The molecule has 2 atom stereocenters. The van der Waals surface area contributed by atoms with Gasteiger partial charge in [-0.2, -0.15) is 0 Å². The molecule has 1 aliphatic heterocycles. The van der Waals surface area contributed by atoms with E-state index >= 15 is 0 Å². The first-order valence-corrected chi connectivity index (χ1v) is 6.02. The molecular weight excluding hydrogens is 256 g/mol. The van der Waals surface area contributed by atoms with Gasteiger partial charge < -0.3 is 9.84 Å². The van der Waals surface area contributed by atoms with Gasteiger partial charge in [0.1, 0.15) is 6.04 Å². The number of halogens is 2. The van der Waals surface area contributed by atoms with Gasteiger partial charge in [-0.15, -0.1) is 0 Å². The highest BCUT2D eigenvalue weighted by molar-refractivity contribution is 5.73. The number of aliphatic carboxylic acids is 1. The molecule has 2 rings (SSSR count). The molecule has 0 spiro atoms. The number of carboxylic acids is 1. The van der Waals surface area contributed by atoms with Gasteiger partial charge in [0.15, 0.2) is 11.6 Å². The van der Waals surface area contributed by atoms with Crippen LogP contribution in [0.2, 0.25) is 0 Å². The van der Waals surface area contributed by atoms with Crippen molar-refractivity contribution >= 4 is 5.97 Å². The number of rotatable bonds is 3. The molecule has 1 aromatic carbocycles. The van der Waals surface area contributed by atoms with Crippen LogP contribution < -0.4 is 0 Å². The predicted molar refractivity (Wildman–Crippen MR) is 63.7 cm³/mol. The number of benzene rings is 1. The van der Waals surface area contributed by atoms with E-state index in [1.165, 1.54) is 12.1 Å². The van der Waals surface area contributed by atoms with Crippen LogP contribution in [0.5, 0.6) is 0 Å². The summed E-state index contributed by atoms with van der Waals surface area (Å²) < 4.78 is 32.1. The van der Waals surface area contributed by atoms with Crippen molar-refractivity contribution < 1.29 is 23.4 Å². The summed E-state index contributed by atoms with van der Waals surface area (Å²) >= 11 is 0. The predicted octanol–water partition coefficient (Wildman–Crippen LogP) is 1.81. The Labute approximate surface area is 109 Å². The molecule has 0 aromatic heterocycles. The van der Waals surface area contributed by atoms with Gasteiger partial charge in [0.25, 0.3) is 0 Å². The number of ether oxygens (including phenoxy) is 1. The van der Waals surface area contributed by atoms with E-state index in [4.69, 9.17) is 9.84 Å². The van der Waals surface area contributed by atoms with E-state index in [0.29, 0.717) is 13.2 Å². The summed E-state index contributed by atoms with van der Waals surface area (Å²) in [5, 5.41) is 9.14. The van der Waals surface area contributed by atoms with E-state index in [-0.39, 0.29) is 12.2 Å². The van der Waals surface area contributed by atoms with Crippen LogP contribution in [0.3, 0.4) is 0 Å². The zero-order chi connectivity index (χ0) is 14.0. The van der Waals surface area contributed by atoms with Gasteiger partial charge in [0.05, 0.1) is 13.2 Å². The SMILES string of the molecule is CC(c1cccc(F)c1F)N1CCOCC1C(=O)O. The van der Waals surface area contributed by atoms with Gasteiger partial charge >= 0.3 is 5.97 Å². The molecule has 1 saturated heterocycles. The van der Waals surface area contributed by atoms with Crippen molar-refractivity contribution in [2.24, 2.45) is 0 Å². The van der Waals surface area contributed by atoms with E-state index in [2.05, 4.69) is 0 Å². The van der Waals surface area contributed by atoms with Crippen LogP contribution in [0.4, 0.5) is 8.78 Å². The molecule has 19 heavy (non-hydrogen) atoms. The number of nitrogens with zero attached hydrogens (tertiary/aromatic N) is 1. The van der Waals surface area contributed by atoms with Crippen molar-refractivity contribution in [3.05, 3.63) is 35.4 Å². The van der Waals surface area contributed by atoms with Crippen LogP contribution >= 0.6 is 0 Å². The maximum absolute atomic E-state index is 13.8. The van der Waals surface area contributed by atoms with Crippen molar-refractivity contribution in [3.8, 4) is 0 Å². The quantitative estimate of drug-likeness (QED) is 0.911. The number of carboxylic acid groups (broad SMARTS) is 1. The molecule has 0 amide bonds. The molecule has 0 saturated carbocycles. The van der Waals surface area contributed by atoms with Crippen LogP contribution in [0.1, 0.15) is 18.5 Å². The average Bonchev–Trinajstić information content (AvgIpc) is 2.41. The lowest BCUT2D eigenvalue weighted by atomic mass is 10.0. The Balaban J connectivity index is 2.28. The molecule has 1 fully saturated rings. The first kappa shape index (κ1) is 13.9. The molecule has 1 heterocycles. The first-order chi connectivity index (χ1) is 9.02. The summed E-state index contributed by atoms with van der Waals surface area (Å²) in [5.41, 5.74) is 0.160. The fourth-order valence-electron chi connectivity index (χ4n) is 2.31. The average molecular weight is 271 g/mol. The van der Waals surface area contributed by atoms with Crippen molar-refractivity contribution in [3.63, 3.8) is 0 Å². The standard InChI is InChI=1S/C13H15F2NO3/c1-8(9-3-2-4-10(14)12(9)15)16-5-6-19-7-11(16)13(17)18/h2-4,8,11H,5-7H2,1H3,(H,17,18). The third kappa shape index (κ3) is 2.74. The summed E-state index contributed by atoms with van der Waals surface area (Å²) in [5.74, 6) is -2.88. The summed E-state index contributed by atoms with van der Waals surface area (Å²) in [6.45, 7) is 2.47. The lowest BCUT2D eigenvalue weighted by molar-refractivity contribution is -0.151. The fraction of sp³-hybridized carbons (Fsp3) is 0.462. The fourth-order valence-corrected chi connectivity index (χ4v) is 2.31. The van der Waals surface area contributed by atoms with Crippen LogP contribution in [0.15, 0.2) is 18.2 Å². The summed E-state index contributed by atoms with van der Waals surface area (Å²) in [6.07, 6.45) is 0. The van der Waals surface area contributed by atoms with Crippen molar-refractivity contribution in [1.82, 2.24) is 4.90 Å². The van der Waals surface area contributed by atoms with Gasteiger partial charge in [-0.1, -0.05) is 12.1 Å². The van der Waals surface area contributed by atoms with Gasteiger partial charge in [-0.25, -0.2) is 8.78 Å². The third-order valence-electron chi connectivity index (χ3n) is 3.38. The van der Waals surface area contributed by atoms with Gasteiger partial charge in [0.2, 0.25) is 0 Å². The first-order valence-electron chi connectivity index (χ1n) is 6.02. The monoisotopic (exact) mass is 271 g/mol. The summed E-state index contributed by atoms with van der Waals surface area (Å²) in [6, 6.07) is 2.56. The topological polar surface area (TPSA) is 49.8 Å². The Morgan fingerprint density at radius 2 is 2.26 bits per heavy atom. The normalized spacial score (nSPS) is 22.2. The third-order valence-corrected chi connectivity index (χ3v) is 3.38. The van der Waals surface area contributed by atoms with Crippen molar-refractivity contribution in [1.29, 1.82) is 0 Å². The molecule has 6 heteroatoms. The van der Waals surface area contributed by atoms with Crippen LogP contribution in [-0.4, -0.2) is 41.8 Å². The molecule has 0 bridgehead atoms. The van der Waals surface area contributed by atoms with Gasteiger partial charge in [-0.3, -0.25) is 9.69 Å². The summed E-state index contributed by atoms with van der Waals surface area (Å²) in [7, 11) is 0. The smallest absolute Gasteiger partial charge is 0.323 e. The molecule has 1 N–H and O–H groups in total. The second-order valence-corrected chi connectivity index (χ2v) is 4.49. The van der Waals surface area contributed by atoms with Crippen molar-refractivity contribution in [2.45, 2.75) is 19.0 Å². The van der Waals surface area contributed by atoms with Crippen LogP contribution in [0, 0.1) is 11.6 Å². The molecule has 4 nitrogen and oxygen atoms in total. The molecule has 0 radical (unpaired) electrons. The van der Waals surface area contributed by atoms with Crippen LogP contribution in [0.25, 0.3) is 0 Å². The summed E-state index contributed by atoms with van der Waals surface area (Å²) in [4.78, 5) is 12.8. The number of carbonyl (C=O) groups is 1. The maximum atomic E-state index is 13.8. The van der Waals surface area contributed by atoms with Crippen LogP contribution in [-0.2, 0) is 9.53 Å². The van der Waals surface area contributed by atoms with E-state index in [9.17, 15) is 13.6 Å². The van der Waals surface area contributed by atoms with Gasteiger partial charge in [0, 0.05) is 18.2 Å². The second kappa shape index (κ2) is 5.63. The zero-order valence-electron chi connectivity index (χ0n) is 10.5. The largest absolute Gasteiger partial charge is 0.480 e. The molecule has 0 aliphatic carbocycles. The van der Waals surface area contributed by atoms with E-state index < -0.39 is 29.7 Å². The second-order valence-electron chi connectivity index (χ2n) is 4.49. The lowest BCUT2D eigenvalue weighted by Gasteiger charge is -2.37. The number of hydrogen-bond acceptors (Lipinski definition) is 3. The maximum Gasteiger partial charge on any atom is 0.323 e.